The van der Waals surface area contributed by atoms with Crippen molar-refractivity contribution in [2.45, 2.75) is 20.3 Å². The zero-order valence-electron chi connectivity index (χ0n) is 9.07. The molecule has 0 saturated carbocycles. The fraction of sp³-hybridized carbons (Fsp3) is 0.583. The smallest absolute Gasteiger partial charge is 0.312 e. The van der Waals surface area contributed by atoms with Crippen molar-refractivity contribution in [1.82, 2.24) is 0 Å². The second-order valence-corrected chi connectivity index (χ2v) is 3.90. The Bertz CT molecular complexity index is 253. The normalized spacial score (nSPS) is 32.1. The molecule has 2 heteroatoms. The van der Waals surface area contributed by atoms with Crippen LogP contribution in [0.25, 0.3) is 0 Å². The van der Waals surface area contributed by atoms with E-state index in [1.165, 1.54) is 7.11 Å². The standard InChI is InChI=1S/C12H18O2/c1-9-5-4-6-11(12(13)14-3)8-7-10(9)2/h4-5,7-11H,6H2,1-3H3. The molecule has 0 N–H and O–H groups in total. The monoisotopic (exact) mass is 194 g/mol. The third-order valence-electron chi connectivity index (χ3n) is 2.81. The third kappa shape index (κ3) is 2.72. The quantitative estimate of drug-likeness (QED) is 0.473. The molecular weight excluding hydrogens is 176 g/mol. The summed E-state index contributed by atoms with van der Waals surface area (Å²) in [5.74, 6) is 0.780. The highest BCUT2D eigenvalue weighted by atomic mass is 16.5. The summed E-state index contributed by atoms with van der Waals surface area (Å²) in [4.78, 5) is 11.3. The molecule has 3 atom stereocenters. The van der Waals surface area contributed by atoms with Crippen LogP contribution in [-0.2, 0) is 9.53 Å². The molecule has 14 heavy (non-hydrogen) atoms. The second kappa shape index (κ2) is 4.99. The van der Waals surface area contributed by atoms with Crippen LogP contribution in [0.4, 0.5) is 0 Å². The highest BCUT2D eigenvalue weighted by molar-refractivity contribution is 5.74. The van der Waals surface area contributed by atoms with Crippen LogP contribution in [0.2, 0.25) is 0 Å². The lowest BCUT2D eigenvalue weighted by Crippen LogP contribution is -2.15. The Kier molecular flexibility index (Phi) is 3.93. The van der Waals surface area contributed by atoms with Gasteiger partial charge in [-0.2, -0.15) is 0 Å². The average molecular weight is 194 g/mol. The second-order valence-electron chi connectivity index (χ2n) is 3.90. The summed E-state index contributed by atoms with van der Waals surface area (Å²) < 4.78 is 4.72. The number of hydrogen-bond donors (Lipinski definition) is 0. The van der Waals surface area contributed by atoms with Crippen LogP contribution in [-0.4, -0.2) is 13.1 Å². The third-order valence-corrected chi connectivity index (χ3v) is 2.81. The number of hydrogen-bond acceptors (Lipinski definition) is 2. The average Bonchev–Trinajstić information content (AvgIpc) is 2.18. The minimum atomic E-state index is -0.146. The SMILES string of the molecule is COC(=O)C1C=CC(C)C(C)C=CC1. The maximum absolute atomic E-state index is 11.3. The van der Waals surface area contributed by atoms with Crippen LogP contribution in [0.1, 0.15) is 20.3 Å². The van der Waals surface area contributed by atoms with E-state index in [-0.39, 0.29) is 11.9 Å². The number of esters is 1. The van der Waals surface area contributed by atoms with Crippen LogP contribution in [0.5, 0.6) is 0 Å². The van der Waals surface area contributed by atoms with E-state index in [4.69, 9.17) is 4.74 Å². The predicted molar refractivity (Wildman–Crippen MR) is 56.7 cm³/mol. The Morgan fingerprint density at radius 3 is 2.50 bits per heavy atom. The van der Waals surface area contributed by atoms with Crippen molar-refractivity contribution in [3.63, 3.8) is 0 Å². The molecule has 0 heterocycles. The lowest BCUT2D eigenvalue weighted by atomic mass is 9.90. The topological polar surface area (TPSA) is 26.3 Å². The predicted octanol–water partition coefficient (Wildman–Crippen LogP) is 2.56. The zero-order chi connectivity index (χ0) is 10.6. The summed E-state index contributed by atoms with van der Waals surface area (Å²) in [5, 5.41) is 0. The molecule has 0 aromatic rings. The first-order valence-electron chi connectivity index (χ1n) is 5.08. The van der Waals surface area contributed by atoms with E-state index in [1.807, 2.05) is 6.08 Å². The molecular formula is C12H18O2. The first-order valence-corrected chi connectivity index (χ1v) is 5.08. The van der Waals surface area contributed by atoms with Crippen LogP contribution in [0, 0.1) is 17.8 Å². The van der Waals surface area contributed by atoms with Crippen LogP contribution < -0.4 is 0 Å². The fourth-order valence-electron chi connectivity index (χ4n) is 1.50. The molecule has 0 aromatic carbocycles. The van der Waals surface area contributed by atoms with Crippen molar-refractivity contribution in [1.29, 1.82) is 0 Å². The lowest BCUT2D eigenvalue weighted by Gasteiger charge is -2.17. The maximum atomic E-state index is 11.3. The summed E-state index contributed by atoms with van der Waals surface area (Å²) in [6, 6.07) is 0. The molecule has 3 unspecified atom stereocenters. The Labute approximate surface area is 85.6 Å². The van der Waals surface area contributed by atoms with E-state index in [2.05, 4.69) is 32.1 Å². The number of carbonyl (C=O) groups is 1. The molecule has 0 bridgehead atoms. The van der Waals surface area contributed by atoms with Gasteiger partial charge in [-0.3, -0.25) is 4.79 Å². The molecule has 1 rings (SSSR count). The van der Waals surface area contributed by atoms with Gasteiger partial charge in [0.1, 0.15) is 0 Å². The maximum Gasteiger partial charge on any atom is 0.312 e. The highest BCUT2D eigenvalue weighted by Gasteiger charge is 2.17. The minimum Gasteiger partial charge on any atom is -0.469 e. The number of allylic oxidation sites excluding steroid dienone is 3. The van der Waals surface area contributed by atoms with E-state index in [1.54, 1.807) is 0 Å². The highest BCUT2D eigenvalue weighted by Crippen LogP contribution is 2.20. The zero-order valence-corrected chi connectivity index (χ0v) is 9.07. The fourth-order valence-corrected chi connectivity index (χ4v) is 1.50. The van der Waals surface area contributed by atoms with Gasteiger partial charge in [0.05, 0.1) is 13.0 Å². The van der Waals surface area contributed by atoms with Gasteiger partial charge >= 0.3 is 5.97 Å². The van der Waals surface area contributed by atoms with E-state index < -0.39 is 0 Å². The van der Waals surface area contributed by atoms with E-state index in [0.717, 1.165) is 6.42 Å². The Hall–Kier alpha value is -1.05. The van der Waals surface area contributed by atoms with Crippen molar-refractivity contribution in [3.05, 3.63) is 24.3 Å². The molecule has 2 nitrogen and oxygen atoms in total. The molecule has 0 aromatic heterocycles. The van der Waals surface area contributed by atoms with Gasteiger partial charge in [-0.1, -0.05) is 38.2 Å². The summed E-state index contributed by atoms with van der Waals surface area (Å²) in [6.07, 6.45) is 9.07. The van der Waals surface area contributed by atoms with Gasteiger partial charge in [0.15, 0.2) is 0 Å². The molecule has 1 aliphatic rings. The molecule has 0 aliphatic heterocycles. The van der Waals surface area contributed by atoms with Crippen molar-refractivity contribution in [2.75, 3.05) is 7.11 Å². The van der Waals surface area contributed by atoms with Gasteiger partial charge in [-0.15, -0.1) is 0 Å². The number of carbonyl (C=O) groups excluding carboxylic acids is 1. The molecule has 0 amide bonds. The first kappa shape index (κ1) is 11.0. The van der Waals surface area contributed by atoms with Gasteiger partial charge in [-0.05, 0) is 18.3 Å². The number of methoxy groups -OCH3 is 1. The van der Waals surface area contributed by atoms with Crippen LogP contribution in [0.15, 0.2) is 24.3 Å². The van der Waals surface area contributed by atoms with Crippen molar-refractivity contribution < 1.29 is 9.53 Å². The molecule has 78 valence electrons. The van der Waals surface area contributed by atoms with Crippen LogP contribution in [0.3, 0.4) is 0 Å². The van der Waals surface area contributed by atoms with E-state index >= 15 is 0 Å². The summed E-state index contributed by atoms with van der Waals surface area (Å²) in [5.41, 5.74) is 0. The molecule has 0 fully saturated rings. The number of rotatable bonds is 1. The van der Waals surface area contributed by atoms with Crippen molar-refractivity contribution in [2.24, 2.45) is 17.8 Å². The van der Waals surface area contributed by atoms with Gasteiger partial charge in [-0.25, -0.2) is 0 Å². The largest absolute Gasteiger partial charge is 0.469 e. The van der Waals surface area contributed by atoms with Gasteiger partial charge in [0.25, 0.3) is 0 Å². The van der Waals surface area contributed by atoms with Crippen molar-refractivity contribution in [3.8, 4) is 0 Å². The van der Waals surface area contributed by atoms with Crippen molar-refractivity contribution >= 4 is 5.97 Å². The Morgan fingerprint density at radius 1 is 1.21 bits per heavy atom. The summed E-state index contributed by atoms with van der Waals surface area (Å²) >= 11 is 0. The molecule has 1 aliphatic carbocycles. The summed E-state index contributed by atoms with van der Waals surface area (Å²) in [7, 11) is 1.44. The molecule has 0 saturated heterocycles. The van der Waals surface area contributed by atoms with Gasteiger partial charge in [0.2, 0.25) is 0 Å². The Balaban J connectivity index is 2.70. The van der Waals surface area contributed by atoms with Gasteiger partial charge in [0, 0.05) is 0 Å². The first-order chi connectivity index (χ1) is 6.65. The molecule has 0 radical (unpaired) electrons. The van der Waals surface area contributed by atoms with E-state index in [0.29, 0.717) is 11.8 Å². The van der Waals surface area contributed by atoms with Gasteiger partial charge < -0.3 is 4.74 Å². The minimum absolute atomic E-state index is 0.105. The lowest BCUT2D eigenvalue weighted by molar-refractivity contribution is -0.143. The summed E-state index contributed by atoms with van der Waals surface area (Å²) in [6.45, 7) is 4.34. The number of ether oxygens (including phenoxy) is 1. The van der Waals surface area contributed by atoms with Crippen LogP contribution >= 0.6 is 0 Å². The van der Waals surface area contributed by atoms with E-state index in [9.17, 15) is 4.79 Å². The molecule has 0 spiro atoms. The Morgan fingerprint density at radius 2 is 1.86 bits per heavy atom.